The second-order valence-electron chi connectivity index (χ2n) is 8.21. The third-order valence-electron chi connectivity index (χ3n) is 6.19. The van der Waals surface area contributed by atoms with Crippen LogP contribution in [0, 0.1) is 11.7 Å². The fraction of sp³-hybridized carbons (Fsp3) is 0.400. The first-order chi connectivity index (χ1) is 14.6. The molecule has 0 aliphatic carbocycles. The smallest absolute Gasteiger partial charge is 0.303 e. The molecule has 0 atom stereocenters. The highest BCUT2D eigenvalue weighted by atomic mass is 32.2. The summed E-state index contributed by atoms with van der Waals surface area (Å²) in [6, 6.07) is 13.6. The Labute approximate surface area is 182 Å². The molecule has 3 nitrogen and oxygen atoms in total. The van der Waals surface area contributed by atoms with E-state index in [9.17, 15) is 9.18 Å². The summed E-state index contributed by atoms with van der Waals surface area (Å²) in [6.45, 7) is 3.05. The minimum absolute atomic E-state index is 0.192. The zero-order chi connectivity index (χ0) is 20.9. The molecule has 0 unspecified atom stereocenters. The van der Waals surface area contributed by atoms with Crippen LogP contribution in [-0.4, -0.2) is 35.6 Å². The molecule has 2 aliphatic rings. The number of nitrogens with zero attached hydrogens (tertiary/aromatic N) is 1. The first-order valence-electron chi connectivity index (χ1n) is 10.8. The highest BCUT2D eigenvalue weighted by molar-refractivity contribution is 7.98. The molecule has 1 N–H and O–H groups in total. The fourth-order valence-electron chi connectivity index (χ4n) is 4.49. The standard InChI is InChI=1S/C25H28FNO2S/c26-20-8-9-24-23(16-20)22(21-5-2-1-4-19(21)17-30-24)6-3-13-27-14-11-18(12-15-27)7-10-25(28)29/h1-2,4-6,8-9,16,18H,3,7,10-15,17H2,(H,28,29). The Morgan fingerprint density at radius 1 is 1.17 bits per heavy atom. The summed E-state index contributed by atoms with van der Waals surface area (Å²) in [7, 11) is 0. The van der Waals surface area contributed by atoms with E-state index in [0.29, 0.717) is 5.92 Å². The van der Waals surface area contributed by atoms with Crippen LogP contribution in [0.4, 0.5) is 4.39 Å². The van der Waals surface area contributed by atoms with Crippen molar-refractivity contribution in [1.29, 1.82) is 0 Å². The predicted octanol–water partition coefficient (Wildman–Crippen LogP) is 5.83. The van der Waals surface area contributed by atoms with E-state index >= 15 is 0 Å². The van der Waals surface area contributed by atoms with E-state index < -0.39 is 5.97 Å². The third kappa shape index (κ3) is 5.13. The van der Waals surface area contributed by atoms with Gasteiger partial charge in [0, 0.05) is 23.6 Å². The highest BCUT2D eigenvalue weighted by Crippen LogP contribution is 2.40. The number of benzene rings is 2. The van der Waals surface area contributed by atoms with Gasteiger partial charge in [0.25, 0.3) is 0 Å². The maximum atomic E-state index is 14.1. The lowest BCUT2D eigenvalue weighted by Crippen LogP contribution is -2.34. The average molecular weight is 426 g/mol. The lowest BCUT2D eigenvalue weighted by molar-refractivity contribution is -0.137. The minimum Gasteiger partial charge on any atom is -0.481 e. The van der Waals surface area contributed by atoms with Gasteiger partial charge in [0.1, 0.15) is 5.82 Å². The molecule has 2 aliphatic heterocycles. The van der Waals surface area contributed by atoms with Crippen LogP contribution < -0.4 is 0 Å². The Morgan fingerprint density at radius 3 is 2.77 bits per heavy atom. The van der Waals surface area contributed by atoms with Crippen LogP contribution in [0.25, 0.3) is 5.57 Å². The Kier molecular flexibility index (Phi) is 6.90. The second kappa shape index (κ2) is 9.80. The molecule has 4 rings (SSSR count). The van der Waals surface area contributed by atoms with Crippen molar-refractivity contribution in [1.82, 2.24) is 4.90 Å². The number of hydrogen-bond acceptors (Lipinski definition) is 3. The molecular formula is C25H28FNO2S. The van der Waals surface area contributed by atoms with Crippen molar-refractivity contribution in [3.8, 4) is 0 Å². The van der Waals surface area contributed by atoms with Crippen molar-refractivity contribution >= 4 is 23.3 Å². The monoisotopic (exact) mass is 425 g/mol. The Hall–Kier alpha value is -2.11. The molecule has 0 saturated carbocycles. The number of hydrogen-bond donors (Lipinski definition) is 1. The van der Waals surface area contributed by atoms with Gasteiger partial charge in [-0.1, -0.05) is 30.3 Å². The molecular weight excluding hydrogens is 397 g/mol. The number of carbonyl (C=O) groups is 1. The SMILES string of the molecule is O=C(O)CCC1CCN(CCC=C2c3ccccc3CSc3ccc(F)cc32)CC1. The average Bonchev–Trinajstić information content (AvgIpc) is 2.90. The van der Waals surface area contributed by atoms with Crippen LogP contribution in [-0.2, 0) is 10.5 Å². The molecule has 0 amide bonds. The molecule has 1 fully saturated rings. The van der Waals surface area contributed by atoms with E-state index in [4.69, 9.17) is 5.11 Å². The summed E-state index contributed by atoms with van der Waals surface area (Å²) >= 11 is 1.77. The molecule has 0 aromatic heterocycles. The first-order valence-corrected chi connectivity index (χ1v) is 11.7. The van der Waals surface area contributed by atoms with Crippen molar-refractivity contribution in [2.24, 2.45) is 5.92 Å². The van der Waals surface area contributed by atoms with Gasteiger partial charge in [0.15, 0.2) is 0 Å². The number of carboxylic acids is 1. The van der Waals surface area contributed by atoms with E-state index in [-0.39, 0.29) is 12.2 Å². The Bertz CT molecular complexity index is 934. The Morgan fingerprint density at radius 2 is 1.97 bits per heavy atom. The summed E-state index contributed by atoms with van der Waals surface area (Å²) in [4.78, 5) is 14.4. The number of piperidine rings is 1. The van der Waals surface area contributed by atoms with Crippen molar-refractivity contribution in [3.05, 3.63) is 71.0 Å². The molecule has 0 radical (unpaired) electrons. The number of likely N-dealkylation sites (tertiary alicyclic amines) is 1. The van der Waals surface area contributed by atoms with Gasteiger partial charge >= 0.3 is 5.97 Å². The van der Waals surface area contributed by atoms with Crippen molar-refractivity contribution in [3.63, 3.8) is 0 Å². The number of thioether (sulfide) groups is 1. The summed E-state index contributed by atoms with van der Waals surface area (Å²) in [5.74, 6) is 0.553. The number of carboxylic acid groups (broad SMARTS) is 1. The molecule has 2 aromatic carbocycles. The maximum absolute atomic E-state index is 14.1. The molecule has 1 saturated heterocycles. The number of fused-ring (bicyclic) bond motifs is 2. The van der Waals surface area contributed by atoms with Gasteiger partial charge in [-0.05, 0) is 85.2 Å². The lowest BCUT2D eigenvalue weighted by Gasteiger charge is -2.31. The van der Waals surface area contributed by atoms with Gasteiger partial charge in [0.05, 0.1) is 0 Å². The van der Waals surface area contributed by atoms with Crippen molar-refractivity contribution < 1.29 is 14.3 Å². The molecule has 158 valence electrons. The van der Waals surface area contributed by atoms with Gasteiger partial charge in [0.2, 0.25) is 0 Å². The van der Waals surface area contributed by atoms with Crippen LogP contribution in [0.15, 0.2) is 53.4 Å². The van der Waals surface area contributed by atoms with Crippen LogP contribution in [0.1, 0.15) is 48.8 Å². The normalized spacial score (nSPS) is 18.6. The quantitative estimate of drug-likeness (QED) is 0.632. The first kappa shape index (κ1) is 21.1. The lowest BCUT2D eigenvalue weighted by atomic mass is 9.91. The molecule has 30 heavy (non-hydrogen) atoms. The zero-order valence-corrected chi connectivity index (χ0v) is 18.0. The van der Waals surface area contributed by atoms with Gasteiger partial charge in [-0.15, -0.1) is 11.8 Å². The summed E-state index contributed by atoms with van der Waals surface area (Å²) < 4.78 is 14.1. The van der Waals surface area contributed by atoms with Crippen LogP contribution in [0.5, 0.6) is 0 Å². The van der Waals surface area contributed by atoms with Gasteiger partial charge in [-0.25, -0.2) is 4.39 Å². The van der Waals surface area contributed by atoms with Gasteiger partial charge in [-0.3, -0.25) is 4.79 Å². The largest absolute Gasteiger partial charge is 0.481 e. The zero-order valence-electron chi connectivity index (χ0n) is 17.1. The van der Waals surface area contributed by atoms with E-state index in [1.807, 2.05) is 6.07 Å². The Balaban J connectivity index is 1.45. The van der Waals surface area contributed by atoms with E-state index in [1.165, 1.54) is 11.1 Å². The van der Waals surface area contributed by atoms with Gasteiger partial charge < -0.3 is 10.0 Å². The maximum Gasteiger partial charge on any atom is 0.303 e. The molecule has 2 aromatic rings. The third-order valence-corrected chi connectivity index (χ3v) is 7.31. The molecule has 5 heteroatoms. The predicted molar refractivity (Wildman–Crippen MR) is 120 cm³/mol. The molecule has 0 spiro atoms. The van der Waals surface area contributed by atoms with Gasteiger partial charge in [-0.2, -0.15) is 0 Å². The summed E-state index contributed by atoms with van der Waals surface area (Å²) in [6.07, 6.45) is 6.44. The summed E-state index contributed by atoms with van der Waals surface area (Å²) in [5.41, 5.74) is 4.64. The molecule has 2 heterocycles. The van der Waals surface area contributed by atoms with Crippen molar-refractivity contribution in [2.75, 3.05) is 19.6 Å². The number of rotatable bonds is 6. The van der Waals surface area contributed by atoms with Crippen LogP contribution in [0.2, 0.25) is 0 Å². The van der Waals surface area contributed by atoms with Crippen LogP contribution in [0.3, 0.4) is 0 Å². The second-order valence-corrected chi connectivity index (χ2v) is 9.23. The van der Waals surface area contributed by atoms with Crippen molar-refractivity contribution in [2.45, 2.75) is 42.8 Å². The fourth-order valence-corrected chi connectivity index (χ4v) is 5.54. The highest BCUT2D eigenvalue weighted by Gasteiger charge is 2.21. The minimum atomic E-state index is -0.692. The summed E-state index contributed by atoms with van der Waals surface area (Å²) in [5, 5.41) is 8.87. The van der Waals surface area contributed by atoms with E-state index in [2.05, 4.69) is 35.2 Å². The number of halogens is 1. The van der Waals surface area contributed by atoms with E-state index in [1.54, 1.807) is 23.9 Å². The number of aliphatic carboxylic acids is 1. The molecule has 0 bridgehead atoms. The topological polar surface area (TPSA) is 40.5 Å². The van der Waals surface area contributed by atoms with E-state index in [0.717, 1.165) is 67.1 Å². The van der Waals surface area contributed by atoms with Crippen LogP contribution >= 0.6 is 11.8 Å².